The zero-order valence-corrected chi connectivity index (χ0v) is 12.4. The predicted molar refractivity (Wildman–Crippen MR) is 85.2 cm³/mol. The van der Waals surface area contributed by atoms with Crippen LogP contribution in [0.2, 0.25) is 0 Å². The lowest BCUT2D eigenvalue weighted by atomic mass is 9.64. The Hall–Kier alpha value is -1.82. The number of hydrogen-bond acceptors (Lipinski definition) is 0. The van der Waals surface area contributed by atoms with Crippen molar-refractivity contribution in [1.82, 2.24) is 0 Å². The average molecular weight is 260 g/mol. The summed E-state index contributed by atoms with van der Waals surface area (Å²) in [5, 5.41) is 0. The van der Waals surface area contributed by atoms with Crippen molar-refractivity contribution in [3.63, 3.8) is 0 Å². The van der Waals surface area contributed by atoms with Crippen molar-refractivity contribution in [3.8, 4) is 0 Å². The summed E-state index contributed by atoms with van der Waals surface area (Å²) in [5.74, 6) is 0.471. The summed E-state index contributed by atoms with van der Waals surface area (Å²) >= 11 is 0. The summed E-state index contributed by atoms with van der Waals surface area (Å²) in [6.45, 7) is 6.94. The van der Waals surface area contributed by atoms with Crippen molar-refractivity contribution < 1.29 is 0 Å². The summed E-state index contributed by atoms with van der Waals surface area (Å²) in [5.41, 5.74) is 9.10. The molecule has 4 aliphatic carbocycles. The van der Waals surface area contributed by atoms with Crippen molar-refractivity contribution in [2.24, 2.45) is 11.3 Å². The fourth-order valence-electron chi connectivity index (χ4n) is 3.78. The molecule has 1 unspecified atom stereocenters. The van der Waals surface area contributed by atoms with Crippen molar-refractivity contribution in [2.75, 3.05) is 0 Å². The van der Waals surface area contributed by atoms with Crippen LogP contribution in [-0.4, -0.2) is 0 Å². The van der Waals surface area contributed by atoms with Gasteiger partial charge in [0.1, 0.15) is 0 Å². The predicted octanol–water partition coefficient (Wildman–Crippen LogP) is 5.21. The molecule has 0 aromatic heterocycles. The Bertz CT molecular complexity index is 704. The Kier molecular flexibility index (Phi) is 2.30. The molecule has 0 saturated carbocycles. The molecule has 0 aromatic carbocycles. The number of hydrogen-bond donors (Lipinski definition) is 0. The minimum Gasteiger partial charge on any atom is -0.0795 e. The topological polar surface area (TPSA) is 0 Å². The van der Waals surface area contributed by atoms with Crippen molar-refractivity contribution >= 4 is 0 Å². The van der Waals surface area contributed by atoms with E-state index in [1.54, 1.807) is 5.57 Å². The molecular formula is C20H20. The van der Waals surface area contributed by atoms with Gasteiger partial charge < -0.3 is 0 Å². The van der Waals surface area contributed by atoms with Crippen LogP contribution in [0.4, 0.5) is 0 Å². The Balaban J connectivity index is 1.97. The minimum absolute atomic E-state index is 0.200. The Morgan fingerprint density at radius 3 is 2.60 bits per heavy atom. The SMILES string of the molecule is CC(C)(C)C1=CC=C2C=CC3=C4C(=CC=C1C24)C=CC3. The molecule has 0 saturated heterocycles. The molecule has 0 aromatic rings. The second kappa shape index (κ2) is 3.85. The van der Waals surface area contributed by atoms with Gasteiger partial charge in [-0.05, 0) is 45.3 Å². The Labute approximate surface area is 121 Å². The molecule has 0 radical (unpaired) electrons. The lowest BCUT2D eigenvalue weighted by molar-refractivity contribution is 0.499. The molecule has 4 aliphatic rings. The monoisotopic (exact) mass is 260 g/mol. The van der Waals surface area contributed by atoms with Crippen molar-refractivity contribution in [3.05, 3.63) is 82.0 Å². The van der Waals surface area contributed by atoms with Crippen LogP contribution in [0.3, 0.4) is 0 Å². The summed E-state index contributed by atoms with van der Waals surface area (Å²) < 4.78 is 0. The van der Waals surface area contributed by atoms with E-state index in [9.17, 15) is 0 Å². The molecule has 20 heavy (non-hydrogen) atoms. The molecule has 0 spiro atoms. The van der Waals surface area contributed by atoms with E-state index in [1.807, 2.05) is 0 Å². The normalized spacial score (nSPS) is 26.6. The second-order valence-corrected chi connectivity index (χ2v) is 7.05. The zero-order chi connectivity index (χ0) is 13.9. The van der Waals surface area contributed by atoms with Gasteiger partial charge in [0.2, 0.25) is 0 Å². The van der Waals surface area contributed by atoms with E-state index < -0.39 is 0 Å². The van der Waals surface area contributed by atoms with Gasteiger partial charge in [-0.15, -0.1) is 0 Å². The largest absolute Gasteiger partial charge is 0.0795 e. The highest BCUT2D eigenvalue weighted by Gasteiger charge is 2.36. The minimum atomic E-state index is 0.200. The van der Waals surface area contributed by atoms with Crippen LogP contribution >= 0.6 is 0 Å². The molecule has 0 fully saturated rings. The third-order valence-corrected chi connectivity index (χ3v) is 4.71. The third kappa shape index (κ3) is 1.54. The first-order valence-corrected chi connectivity index (χ1v) is 7.48. The van der Waals surface area contributed by atoms with Gasteiger partial charge in [0, 0.05) is 5.92 Å². The first kappa shape index (κ1) is 12.0. The van der Waals surface area contributed by atoms with Crippen molar-refractivity contribution in [1.29, 1.82) is 0 Å². The fraction of sp³-hybridized carbons (Fsp3) is 0.300. The summed E-state index contributed by atoms with van der Waals surface area (Å²) in [6.07, 6.45) is 19.6. The van der Waals surface area contributed by atoms with Crippen LogP contribution in [-0.2, 0) is 0 Å². The van der Waals surface area contributed by atoms with Gasteiger partial charge in [0.05, 0.1) is 0 Å². The zero-order valence-electron chi connectivity index (χ0n) is 12.4. The Morgan fingerprint density at radius 1 is 0.950 bits per heavy atom. The van der Waals surface area contributed by atoms with Crippen LogP contribution in [0.15, 0.2) is 82.0 Å². The molecule has 0 aliphatic heterocycles. The molecule has 100 valence electrons. The lowest BCUT2D eigenvalue weighted by Gasteiger charge is -2.40. The number of allylic oxidation sites excluding steroid dienone is 14. The van der Waals surface area contributed by atoms with E-state index in [2.05, 4.69) is 69.4 Å². The first-order valence-electron chi connectivity index (χ1n) is 7.48. The second-order valence-electron chi connectivity index (χ2n) is 7.05. The highest BCUT2D eigenvalue weighted by atomic mass is 14.4. The van der Waals surface area contributed by atoms with E-state index in [0.29, 0.717) is 5.92 Å². The van der Waals surface area contributed by atoms with E-state index in [0.717, 1.165) is 6.42 Å². The van der Waals surface area contributed by atoms with Gasteiger partial charge in [-0.2, -0.15) is 0 Å². The van der Waals surface area contributed by atoms with Gasteiger partial charge in [0.15, 0.2) is 0 Å². The van der Waals surface area contributed by atoms with E-state index >= 15 is 0 Å². The van der Waals surface area contributed by atoms with E-state index in [4.69, 9.17) is 0 Å². The molecule has 0 nitrogen and oxygen atoms in total. The van der Waals surface area contributed by atoms with E-state index in [-0.39, 0.29) is 5.41 Å². The molecule has 1 atom stereocenters. The maximum absolute atomic E-state index is 2.35. The van der Waals surface area contributed by atoms with Gasteiger partial charge in [-0.3, -0.25) is 0 Å². The molecule has 0 bridgehead atoms. The van der Waals surface area contributed by atoms with E-state index in [1.165, 1.54) is 27.9 Å². The van der Waals surface area contributed by atoms with Crippen LogP contribution in [0, 0.1) is 11.3 Å². The van der Waals surface area contributed by atoms with Crippen molar-refractivity contribution in [2.45, 2.75) is 27.2 Å². The third-order valence-electron chi connectivity index (χ3n) is 4.71. The van der Waals surface area contributed by atoms with Gasteiger partial charge in [0.25, 0.3) is 0 Å². The van der Waals surface area contributed by atoms with Crippen LogP contribution in [0.25, 0.3) is 0 Å². The summed E-state index contributed by atoms with van der Waals surface area (Å²) in [7, 11) is 0. The standard InChI is InChI=1S/C20H20/c1-20(2,3)17-12-10-15-8-7-13-5-4-6-14-9-11-16(17)19(15)18(13)14/h4,6-12,19H,5H2,1-3H3. The van der Waals surface area contributed by atoms with Gasteiger partial charge >= 0.3 is 0 Å². The maximum atomic E-state index is 2.35. The van der Waals surface area contributed by atoms with Gasteiger partial charge in [-0.25, -0.2) is 0 Å². The highest BCUT2D eigenvalue weighted by molar-refractivity contribution is 5.69. The molecule has 0 amide bonds. The highest BCUT2D eigenvalue weighted by Crippen LogP contribution is 2.51. The van der Waals surface area contributed by atoms with Crippen LogP contribution in [0.1, 0.15) is 27.2 Å². The van der Waals surface area contributed by atoms with Crippen LogP contribution in [0.5, 0.6) is 0 Å². The average Bonchev–Trinajstić information content (AvgIpc) is 2.43. The molecule has 4 rings (SSSR count). The number of rotatable bonds is 0. The fourth-order valence-corrected chi connectivity index (χ4v) is 3.78. The van der Waals surface area contributed by atoms with Crippen LogP contribution < -0.4 is 0 Å². The molecule has 0 heteroatoms. The quantitative estimate of drug-likeness (QED) is 0.561. The Morgan fingerprint density at radius 2 is 1.80 bits per heavy atom. The smallest absolute Gasteiger partial charge is 0.0351 e. The first-order chi connectivity index (χ1) is 9.55. The molecular weight excluding hydrogens is 240 g/mol. The lowest BCUT2D eigenvalue weighted by Crippen LogP contribution is -2.26. The summed E-state index contributed by atoms with van der Waals surface area (Å²) in [6, 6.07) is 0. The van der Waals surface area contributed by atoms with Gasteiger partial charge in [-0.1, -0.05) is 69.4 Å². The molecule has 0 N–H and O–H groups in total. The summed E-state index contributed by atoms with van der Waals surface area (Å²) in [4.78, 5) is 0. The molecule has 0 heterocycles. The maximum Gasteiger partial charge on any atom is 0.0351 e.